The Bertz CT molecular complexity index is 260. The zero-order valence-electron chi connectivity index (χ0n) is 4.20. The number of hydrogen-bond donors (Lipinski definition) is 0. The first-order valence-corrected chi connectivity index (χ1v) is 1.95. The zero-order chi connectivity index (χ0) is 6.69. The lowest BCUT2D eigenvalue weighted by Gasteiger charge is -1.70. The maximum absolute atomic E-state index is 6.36. The molecule has 42 valence electrons. The molecule has 0 radical (unpaired) electrons. The Labute approximate surface area is 50.6 Å². The molecule has 5 heteroatoms. The van der Waals surface area contributed by atoms with Crippen molar-refractivity contribution in [3.05, 3.63) is 22.8 Å². The quantitative estimate of drug-likeness (QED) is 0.483. The van der Waals surface area contributed by atoms with Crippen LogP contribution < -0.4 is 0 Å². The van der Waals surface area contributed by atoms with Crippen LogP contribution in [-0.4, -0.2) is 10.2 Å². The van der Waals surface area contributed by atoms with Crippen molar-refractivity contribution in [1.29, 1.82) is 0 Å². The van der Waals surface area contributed by atoms with Crippen molar-refractivity contribution in [1.82, 2.24) is 10.2 Å². The highest BCUT2D eigenvalue weighted by atomic mass is 16.4. The van der Waals surface area contributed by atoms with Gasteiger partial charge in [0.1, 0.15) is 10.2 Å². The average Bonchev–Trinajstić information content (AvgIpc) is 2.34. The summed E-state index contributed by atoms with van der Waals surface area (Å²) in [6.07, 6.45) is 0. The normalized spacial score (nSPS) is 7.78. The largest absolute Gasteiger partial charge is 0.483 e. The van der Waals surface area contributed by atoms with Gasteiger partial charge in [-0.25, -0.2) is 0 Å². The minimum absolute atomic E-state index is 0.194. The second kappa shape index (κ2) is 1.93. The van der Waals surface area contributed by atoms with Crippen LogP contribution in [0.25, 0.3) is 9.69 Å². The van der Waals surface area contributed by atoms with Crippen molar-refractivity contribution >= 4 is 12.0 Å². The molecule has 0 aliphatic rings. The Kier molecular flexibility index (Phi) is 1.13. The molecule has 0 saturated carbocycles. The molecule has 0 unspecified atom stereocenters. The van der Waals surface area contributed by atoms with Gasteiger partial charge >= 0.3 is 12.0 Å². The van der Waals surface area contributed by atoms with E-state index in [1.165, 1.54) is 0 Å². The molecule has 5 nitrogen and oxygen atoms in total. The molecule has 1 aromatic rings. The van der Waals surface area contributed by atoms with E-state index in [1.807, 2.05) is 0 Å². The Morgan fingerprint density at radius 3 is 1.78 bits per heavy atom. The molecule has 0 bridgehead atoms. The molecule has 0 amide bonds. The number of aromatic nitrogens is 2. The van der Waals surface area contributed by atoms with E-state index in [1.54, 1.807) is 0 Å². The summed E-state index contributed by atoms with van der Waals surface area (Å²) in [5.41, 5.74) is 0. The van der Waals surface area contributed by atoms with Crippen LogP contribution in [0.3, 0.4) is 0 Å². The molecular weight excluding hydrogens is 120 g/mol. The average molecular weight is 120 g/mol. The van der Waals surface area contributed by atoms with Gasteiger partial charge in [-0.15, -0.1) is 0 Å². The van der Waals surface area contributed by atoms with Gasteiger partial charge in [-0.2, -0.15) is 0 Å². The summed E-state index contributed by atoms with van der Waals surface area (Å²) in [5, 5.41) is 6.44. The van der Waals surface area contributed by atoms with Crippen LogP contribution in [0.2, 0.25) is 0 Å². The van der Waals surface area contributed by atoms with E-state index in [2.05, 4.69) is 24.3 Å². The van der Waals surface area contributed by atoms with Crippen LogP contribution in [0.5, 0.6) is 0 Å². The van der Waals surface area contributed by atoms with Gasteiger partial charge in [0.25, 0.3) is 0 Å². The van der Waals surface area contributed by atoms with E-state index in [0.29, 0.717) is 0 Å². The van der Waals surface area contributed by atoms with E-state index in [0.717, 1.165) is 0 Å². The first-order chi connectivity index (χ1) is 4.36. The van der Waals surface area contributed by atoms with Crippen molar-refractivity contribution in [3.63, 3.8) is 0 Å². The second-order valence-corrected chi connectivity index (χ2v) is 1.09. The minimum Gasteiger partial charge on any atom is -0.474 e. The van der Waals surface area contributed by atoms with Gasteiger partial charge < -0.3 is 14.1 Å². The summed E-state index contributed by atoms with van der Waals surface area (Å²) in [5.74, 6) is 0. The molecule has 0 aromatic carbocycles. The van der Waals surface area contributed by atoms with Gasteiger partial charge in [0.15, 0.2) is 0 Å². The van der Waals surface area contributed by atoms with Crippen LogP contribution in [-0.2, 0) is 0 Å². The summed E-state index contributed by atoms with van der Waals surface area (Å²) >= 11 is 0. The predicted molar refractivity (Wildman–Crippen MR) is 26.8 cm³/mol. The second-order valence-electron chi connectivity index (χ2n) is 1.09. The fourth-order valence-corrected chi connectivity index (χ4v) is 0.298. The zero-order valence-corrected chi connectivity index (χ0v) is 4.20. The highest BCUT2D eigenvalue weighted by Gasteiger charge is 2.06. The molecule has 0 atom stereocenters. The summed E-state index contributed by atoms with van der Waals surface area (Å²) in [4.78, 5) is 5.61. The molecule has 9 heavy (non-hydrogen) atoms. The lowest BCUT2D eigenvalue weighted by Crippen LogP contribution is -1.59. The minimum atomic E-state index is -0.194. The molecule has 1 aromatic heterocycles. The SMILES string of the molecule is [C-]#[N+]c1nnc([N+]#[C-])o1. The third-order valence-corrected chi connectivity index (χ3v) is 0.595. The van der Waals surface area contributed by atoms with E-state index in [4.69, 9.17) is 13.1 Å². The fourth-order valence-electron chi connectivity index (χ4n) is 0.298. The molecule has 0 N–H and O–H groups in total. The smallest absolute Gasteiger partial charge is 0.474 e. The molecular formula is C4N4O. The highest BCUT2D eigenvalue weighted by molar-refractivity contribution is 5.26. The molecule has 0 aliphatic carbocycles. The lowest BCUT2D eigenvalue weighted by atomic mass is 11.2. The first-order valence-electron chi connectivity index (χ1n) is 1.95. The number of hydrogen-bond acceptors (Lipinski definition) is 3. The number of nitrogens with zero attached hydrogens (tertiary/aromatic N) is 4. The monoisotopic (exact) mass is 120 g/mol. The molecule has 0 saturated heterocycles. The first kappa shape index (κ1) is 5.26. The fraction of sp³-hybridized carbons (Fsp3) is 0. The van der Waals surface area contributed by atoms with Gasteiger partial charge in [0, 0.05) is 0 Å². The van der Waals surface area contributed by atoms with Gasteiger partial charge in [-0.05, 0) is 0 Å². The van der Waals surface area contributed by atoms with Gasteiger partial charge in [0.05, 0.1) is 0 Å². The summed E-state index contributed by atoms with van der Waals surface area (Å²) in [6.45, 7) is 12.7. The van der Waals surface area contributed by atoms with Crippen LogP contribution in [0.15, 0.2) is 4.42 Å². The van der Waals surface area contributed by atoms with E-state index < -0.39 is 0 Å². The van der Waals surface area contributed by atoms with Gasteiger partial charge in [-0.3, -0.25) is 0 Å². The summed E-state index contributed by atoms with van der Waals surface area (Å²) in [6, 6.07) is -0.387. The third-order valence-electron chi connectivity index (χ3n) is 0.595. The van der Waals surface area contributed by atoms with Crippen molar-refractivity contribution in [2.24, 2.45) is 0 Å². The van der Waals surface area contributed by atoms with E-state index in [9.17, 15) is 0 Å². The Balaban J connectivity index is 3.08. The van der Waals surface area contributed by atoms with E-state index >= 15 is 0 Å². The molecule has 0 fully saturated rings. The Morgan fingerprint density at radius 1 is 1.11 bits per heavy atom. The van der Waals surface area contributed by atoms with Crippen LogP contribution in [0, 0.1) is 13.1 Å². The Hall–Kier alpha value is -1.88. The van der Waals surface area contributed by atoms with Gasteiger partial charge in [0.2, 0.25) is 0 Å². The van der Waals surface area contributed by atoms with Crippen molar-refractivity contribution < 1.29 is 4.42 Å². The number of rotatable bonds is 0. The topological polar surface area (TPSA) is 47.6 Å². The molecule has 0 spiro atoms. The maximum Gasteiger partial charge on any atom is 0.483 e. The highest BCUT2D eigenvalue weighted by Crippen LogP contribution is 2.14. The van der Waals surface area contributed by atoms with Crippen molar-refractivity contribution in [2.45, 2.75) is 0 Å². The standard InChI is InChI=1S/C4N4O/c1-5-3-7-8-4(6-2)9-3. The van der Waals surface area contributed by atoms with E-state index in [-0.39, 0.29) is 12.0 Å². The third kappa shape index (κ3) is 0.840. The lowest BCUT2D eigenvalue weighted by molar-refractivity contribution is 0.605. The Morgan fingerprint density at radius 2 is 1.56 bits per heavy atom. The molecule has 0 aliphatic heterocycles. The summed E-state index contributed by atoms with van der Waals surface area (Å²) < 4.78 is 4.45. The predicted octanol–water partition coefficient (Wildman–Crippen LogP) is 1.17. The van der Waals surface area contributed by atoms with Crippen LogP contribution >= 0.6 is 0 Å². The van der Waals surface area contributed by atoms with Crippen molar-refractivity contribution in [2.75, 3.05) is 0 Å². The molecule has 1 heterocycles. The van der Waals surface area contributed by atoms with Crippen LogP contribution in [0.4, 0.5) is 12.0 Å². The molecule has 1 rings (SSSR count). The maximum atomic E-state index is 6.36. The van der Waals surface area contributed by atoms with Crippen molar-refractivity contribution in [3.8, 4) is 0 Å². The van der Waals surface area contributed by atoms with Crippen LogP contribution in [0.1, 0.15) is 0 Å². The summed E-state index contributed by atoms with van der Waals surface area (Å²) in [7, 11) is 0. The van der Waals surface area contributed by atoms with Gasteiger partial charge in [-0.1, -0.05) is 13.1 Å².